The van der Waals surface area contributed by atoms with Crippen LogP contribution in [0.2, 0.25) is 0 Å². The van der Waals surface area contributed by atoms with Crippen LogP contribution in [-0.4, -0.2) is 36.7 Å². The van der Waals surface area contributed by atoms with Crippen molar-refractivity contribution in [2.24, 2.45) is 22.2 Å². The van der Waals surface area contributed by atoms with Gasteiger partial charge in [0.05, 0.1) is 0 Å². The predicted molar refractivity (Wildman–Crippen MR) is 82.2 cm³/mol. The van der Waals surface area contributed by atoms with Crippen molar-refractivity contribution in [3.05, 3.63) is 0 Å². The van der Waals surface area contributed by atoms with Crippen LogP contribution in [-0.2, 0) is 9.53 Å². The van der Waals surface area contributed by atoms with Crippen LogP contribution < -0.4 is 11.1 Å². The van der Waals surface area contributed by atoms with Crippen LogP contribution >= 0.6 is 0 Å². The van der Waals surface area contributed by atoms with Gasteiger partial charge in [-0.15, -0.1) is 0 Å². The third kappa shape index (κ3) is 4.59. The number of oxime groups is 1. The highest BCUT2D eigenvalue weighted by Gasteiger charge is 2.44. The third-order valence-electron chi connectivity index (χ3n) is 4.47. The normalized spacial score (nSPS) is 20.0. The Morgan fingerprint density at radius 2 is 2.10 bits per heavy atom. The van der Waals surface area contributed by atoms with Crippen LogP contribution in [0.4, 0.5) is 0 Å². The van der Waals surface area contributed by atoms with Crippen LogP contribution in [0.15, 0.2) is 5.16 Å². The summed E-state index contributed by atoms with van der Waals surface area (Å²) in [5.74, 6) is 0.332. The summed E-state index contributed by atoms with van der Waals surface area (Å²) in [6.07, 6.45) is 5.41. The van der Waals surface area contributed by atoms with Crippen molar-refractivity contribution < 1.29 is 14.7 Å². The van der Waals surface area contributed by atoms with E-state index in [1.54, 1.807) is 0 Å². The molecule has 0 saturated carbocycles. The average Bonchev–Trinajstić information content (AvgIpc) is 2.54. The number of hydrogen-bond donors (Lipinski definition) is 3. The van der Waals surface area contributed by atoms with Crippen molar-refractivity contribution in [1.29, 1.82) is 0 Å². The first-order valence-electron chi connectivity index (χ1n) is 7.94. The molecule has 0 spiro atoms. The summed E-state index contributed by atoms with van der Waals surface area (Å²) in [6.45, 7) is 5.87. The van der Waals surface area contributed by atoms with Gasteiger partial charge in [0.2, 0.25) is 5.91 Å². The molecule has 0 aromatic rings. The van der Waals surface area contributed by atoms with Gasteiger partial charge in [-0.25, -0.2) is 0 Å². The van der Waals surface area contributed by atoms with Gasteiger partial charge < -0.3 is 21.0 Å². The molecule has 122 valence electrons. The zero-order valence-electron chi connectivity index (χ0n) is 13.2. The number of amides is 1. The van der Waals surface area contributed by atoms with Crippen molar-refractivity contribution in [3.8, 4) is 0 Å². The summed E-state index contributed by atoms with van der Waals surface area (Å²) in [4.78, 5) is 12.6. The quantitative estimate of drug-likeness (QED) is 0.276. The molecule has 1 atom stereocenters. The number of carbonyl (C=O) groups is 1. The molecule has 1 aliphatic rings. The van der Waals surface area contributed by atoms with Crippen LogP contribution in [0.1, 0.15) is 52.4 Å². The molecule has 0 radical (unpaired) electrons. The van der Waals surface area contributed by atoms with Gasteiger partial charge in [0, 0.05) is 19.8 Å². The number of unbranched alkanes of at least 4 members (excludes halogenated alkanes) is 1. The second-order valence-electron chi connectivity index (χ2n) is 5.81. The van der Waals surface area contributed by atoms with E-state index in [2.05, 4.69) is 24.3 Å². The molecular formula is C15H29N3O3. The maximum atomic E-state index is 12.6. The Kier molecular flexibility index (Phi) is 7.50. The Labute approximate surface area is 127 Å². The second-order valence-corrected chi connectivity index (χ2v) is 5.81. The van der Waals surface area contributed by atoms with Gasteiger partial charge in [-0.3, -0.25) is 4.79 Å². The lowest BCUT2D eigenvalue weighted by Gasteiger charge is -2.34. The van der Waals surface area contributed by atoms with E-state index in [0.29, 0.717) is 38.5 Å². The number of amidine groups is 1. The van der Waals surface area contributed by atoms with E-state index < -0.39 is 5.41 Å². The smallest absolute Gasteiger partial charge is 0.234 e. The monoisotopic (exact) mass is 299 g/mol. The highest BCUT2D eigenvalue weighted by Crippen LogP contribution is 2.31. The number of nitrogens with one attached hydrogen (secondary N) is 1. The van der Waals surface area contributed by atoms with Crippen LogP contribution in [0.5, 0.6) is 0 Å². The van der Waals surface area contributed by atoms with Crippen molar-refractivity contribution >= 4 is 11.7 Å². The van der Waals surface area contributed by atoms with Gasteiger partial charge in [0.25, 0.3) is 0 Å². The fourth-order valence-corrected chi connectivity index (χ4v) is 2.76. The van der Waals surface area contributed by atoms with Crippen molar-refractivity contribution in [3.63, 3.8) is 0 Å². The van der Waals surface area contributed by atoms with Gasteiger partial charge >= 0.3 is 0 Å². The minimum Gasteiger partial charge on any atom is -0.409 e. The second kappa shape index (κ2) is 8.87. The zero-order chi connectivity index (χ0) is 15.7. The predicted octanol–water partition coefficient (Wildman–Crippen LogP) is 1.86. The Morgan fingerprint density at radius 3 is 2.62 bits per heavy atom. The molecule has 1 amide bonds. The minimum atomic E-state index is -0.921. The van der Waals surface area contributed by atoms with Crippen LogP contribution in [0, 0.1) is 11.3 Å². The van der Waals surface area contributed by atoms with E-state index in [1.807, 2.05) is 0 Å². The number of hydrogen-bond acceptors (Lipinski definition) is 4. The molecule has 1 fully saturated rings. The van der Waals surface area contributed by atoms with E-state index in [0.717, 1.165) is 19.3 Å². The molecule has 1 unspecified atom stereocenters. The summed E-state index contributed by atoms with van der Waals surface area (Å²) >= 11 is 0. The first-order valence-corrected chi connectivity index (χ1v) is 7.94. The SMILES string of the molecule is CCCCC(CC)CNC(=O)C1(C(N)=NO)CCOCC1. The first-order chi connectivity index (χ1) is 10.1. The lowest BCUT2D eigenvalue weighted by atomic mass is 9.78. The van der Waals surface area contributed by atoms with E-state index in [-0.39, 0.29) is 11.7 Å². The van der Waals surface area contributed by atoms with E-state index in [4.69, 9.17) is 15.7 Å². The molecule has 0 aromatic heterocycles. The Morgan fingerprint density at radius 1 is 1.43 bits per heavy atom. The molecule has 4 N–H and O–H groups in total. The standard InChI is InChI=1S/C15H29N3O3/c1-3-5-6-12(4-2)11-17-14(19)15(13(16)18-20)7-9-21-10-8-15/h12,20H,3-11H2,1-2H3,(H2,16,18)(H,17,19). The average molecular weight is 299 g/mol. The van der Waals surface area contributed by atoms with Gasteiger partial charge in [-0.05, 0) is 25.2 Å². The molecule has 1 saturated heterocycles. The van der Waals surface area contributed by atoms with Crippen molar-refractivity contribution in [1.82, 2.24) is 5.32 Å². The minimum absolute atomic E-state index is 0.00935. The summed E-state index contributed by atoms with van der Waals surface area (Å²) < 4.78 is 5.30. The maximum absolute atomic E-state index is 12.6. The van der Waals surface area contributed by atoms with Gasteiger partial charge in [-0.2, -0.15) is 0 Å². The lowest BCUT2D eigenvalue weighted by molar-refractivity contribution is -0.131. The fraction of sp³-hybridized carbons (Fsp3) is 0.867. The summed E-state index contributed by atoms with van der Waals surface area (Å²) in [7, 11) is 0. The highest BCUT2D eigenvalue weighted by atomic mass is 16.5. The summed E-state index contributed by atoms with van der Waals surface area (Å²) in [5.41, 5.74) is 4.87. The van der Waals surface area contributed by atoms with E-state index in [1.165, 1.54) is 6.42 Å². The highest BCUT2D eigenvalue weighted by molar-refractivity contribution is 6.06. The fourth-order valence-electron chi connectivity index (χ4n) is 2.76. The van der Waals surface area contributed by atoms with Crippen molar-refractivity contribution in [2.45, 2.75) is 52.4 Å². The Hall–Kier alpha value is -1.30. The lowest BCUT2D eigenvalue weighted by Crippen LogP contribution is -2.53. The van der Waals surface area contributed by atoms with E-state index >= 15 is 0 Å². The Balaban J connectivity index is 2.65. The molecule has 6 heteroatoms. The molecule has 6 nitrogen and oxygen atoms in total. The number of carbonyl (C=O) groups excluding carboxylic acids is 1. The molecule has 0 bridgehead atoms. The van der Waals surface area contributed by atoms with E-state index in [9.17, 15) is 4.79 Å². The first kappa shape index (κ1) is 17.8. The third-order valence-corrected chi connectivity index (χ3v) is 4.47. The van der Waals surface area contributed by atoms with Gasteiger partial charge in [0.1, 0.15) is 5.41 Å². The molecule has 0 aliphatic carbocycles. The Bertz CT molecular complexity index is 352. The van der Waals surface area contributed by atoms with Crippen LogP contribution in [0.3, 0.4) is 0 Å². The van der Waals surface area contributed by atoms with Gasteiger partial charge in [-0.1, -0.05) is 38.3 Å². The van der Waals surface area contributed by atoms with Crippen molar-refractivity contribution in [2.75, 3.05) is 19.8 Å². The molecule has 1 aliphatic heterocycles. The zero-order valence-corrected chi connectivity index (χ0v) is 13.2. The van der Waals surface area contributed by atoms with Gasteiger partial charge in [0.15, 0.2) is 5.84 Å². The topological polar surface area (TPSA) is 96.9 Å². The molecular weight excluding hydrogens is 270 g/mol. The molecule has 21 heavy (non-hydrogen) atoms. The summed E-state index contributed by atoms with van der Waals surface area (Å²) in [5, 5.41) is 15.1. The number of rotatable bonds is 8. The maximum Gasteiger partial charge on any atom is 0.234 e. The number of ether oxygens (including phenoxy) is 1. The molecule has 1 heterocycles. The largest absolute Gasteiger partial charge is 0.409 e. The number of nitrogens with zero attached hydrogens (tertiary/aromatic N) is 1. The number of nitrogens with two attached hydrogens (primary N) is 1. The molecule has 1 rings (SSSR count). The van der Waals surface area contributed by atoms with Crippen LogP contribution in [0.25, 0.3) is 0 Å². The summed E-state index contributed by atoms with van der Waals surface area (Å²) in [6, 6.07) is 0. The molecule has 0 aromatic carbocycles.